The summed E-state index contributed by atoms with van der Waals surface area (Å²) >= 11 is 0. The molecule has 128 valence electrons. The monoisotopic (exact) mass is 332 g/mol. The van der Waals surface area contributed by atoms with Gasteiger partial charge in [0.25, 0.3) is 0 Å². The summed E-state index contributed by atoms with van der Waals surface area (Å²) in [4.78, 5) is 12.0. The molecule has 3 N–H and O–H groups in total. The highest BCUT2D eigenvalue weighted by Gasteiger charge is 2.18. The van der Waals surface area contributed by atoms with E-state index in [1.807, 2.05) is 6.92 Å². The SMILES string of the molecule is CCOc1ccc(NC(=O)NC(C)C(O)c2ccc(F)cc2)cc1. The Kier molecular flexibility index (Phi) is 6.14. The molecule has 5 nitrogen and oxygen atoms in total. The Hall–Kier alpha value is -2.60. The Labute approximate surface area is 140 Å². The van der Waals surface area contributed by atoms with Crippen molar-refractivity contribution in [3.05, 3.63) is 59.9 Å². The average Bonchev–Trinajstić information content (AvgIpc) is 2.57. The number of amides is 2. The normalized spacial score (nSPS) is 13.0. The number of halogens is 1. The number of benzene rings is 2. The minimum Gasteiger partial charge on any atom is -0.494 e. The van der Waals surface area contributed by atoms with Crippen molar-refractivity contribution in [1.82, 2.24) is 5.32 Å². The smallest absolute Gasteiger partial charge is 0.319 e. The number of hydrogen-bond acceptors (Lipinski definition) is 3. The minimum atomic E-state index is -0.934. The van der Waals surface area contributed by atoms with E-state index in [2.05, 4.69) is 10.6 Å². The third-order valence-corrected chi connectivity index (χ3v) is 3.47. The molecule has 0 aliphatic rings. The van der Waals surface area contributed by atoms with Crippen molar-refractivity contribution >= 4 is 11.7 Å². The van der Waals surface area contributed by atoms with Gasteiger partial charge in [0.05, 0.1) is 18.8 Å². The molecule has 2 aromatic rings. The number of rotatable bonds is 6. The van der Waals surface area contributed by atoms with Crippen LogP contribution in [0.2, 0.25) is 0 Å². The summed E-state index contributed by atoms with van der Waals surface area (Å²) in [5.74, 6) is 0.350. The highest BCUT2D eigenvalue weighted by atomic mass is 19.1. The molecule has 0 aliphatic heterocycles. The summed E-state index contributed by atoms with van der Waals surface area (Å²) in [6.45, 7) is 4.14. The predicted molar refractivity (Wildman–Crippen MR) is 90.6 cm³/mol. The molecule has 0 bridgehead atoms. The van der Waals surface area contributed by atoms with E-state index < -0.39 is 18.2 Å². The van der Waals surface area contributed by atoms with Crippen LogP contribution in [0, 0.1) is 5.82 Å². The largest absolute Gasteiger partial charge is 0.494 e. The zero-order valence-corrected chi connectivity index (χ0v) is 13.6. The van der Waals surface area contributed by atoms with Gasteiger partial charge in [-0.3, -0.25) is 0 Å². The van der Waals surface area contributed by atoms with Gasteiger partial charge in [0.15, 0.2) is 0 Å². The average molecular weight is 332 g/mol. The Morgan fingerprint density at radius 1 is 1.17 bits per heavy atom. The van der Waals surface area contributed by atoms with Crippen LogP contribution in [0.25, 0.3) is 0 Å². The maximum Gasteiger partial charge on any atom is 0.319 e. The maximum absolute atomic E-state index is 12.9. The molecule has 2 rings (SSSR count). The number of nitrogens with one attached hydrogen (secondary N) is 2. The first kappa shape index (κ1) is 17.7. The summed E-state index contributed by atoms with van der Waals surface area (Å²) in [6.07, 6.45) is -0.934. The maximum atomic E-state index is 12.9. The van der Waals surface area contributed by atoms with Gasteiger partial charge in [-0.1, -0.05) is 12.1 Å². The predicted octanol–water partition coefficient (Wildman–Crippen LogP) is 3.47. The highest BCUT2D eigenvalue weighted by Crippen LogP contribution is 2.18. The number of hydrogen-bond donors (Lipinski definition) is 3. The van der Waals surface area contributed by atoms with Gasteiger partial charge in [0.1, 0.15) is 11.6 Å². The lowest BCUT2D eigenvalue weighted by atomic mass is 10.0. The van der Waals surface area contributed by atoms with Gasteiger partial charge in [-0.25, -0.2) is 9.18 Å². The highest BCUT2D eigenvalue weighted by molar-refractivity contribution is 5.89. The molecule has 0 aliphatic carbocycles. The van der Waals surface area contributed by atoms with E-state index in [0.29, 0.717) is 17.9 Å². The Bertz CT molecular complexity index is 659. The van der Waals surface area contributed by atoms with Crippen molar-refractivity contribution in [1.29, 1.82) is 0 Å². The van der Waals surface area contributed by atoms with E-state index in [-0.39, 0.29) is 5.82 Å². The molecular weight excluding hydrogens is 311 g/mol. The fourth-order valence-corrected chi connectivity index (χ4v) is 2.20. The standard InChI is InChI=1S/C18H21FN2O3/c1-3-24-16-10-8-15(9-11-16)21-18(23)20-12(2)17(22)13-4-6-14(19)7-5-13/h4-12,17,22H,3H2,1-2H3,(H2,20,21,23). The van der Waals surface area contributed by atoms with Crippen LogP contribution < -0.4 is 15.4 Å². The number of anilines is 1. The molecule has 0 fully saturated rings. The zero-order valence-electron chi connectivity index (χ0n) is 13.6. The lowest BCUT2D eigenvalue weighted by Gasteiger charge is -2.21. The van der Waals surface area contributed by atoms with Gasteiger partial charge < -0.3 is 20.5 Å². The van der Waals surface area contributed by atoms with E-state index in [1.54, 1.807) is 31.2 Å². The van der Waals surface area contributed by atoms with Gasteiger partial charge in [-0.15, -0.1) is 0 Å². The molecule has 6 heteroatoms. The third kappa shape index (κ3) is 4.96. The van der Waals surface area contributed by atoms with Gasteiger partial charge in [0.2, 0.25) is 0 Å². The summed E-state index contributed by atoms with van der Waals surface area (Å²) in [5.41, 5.74) is 1.14. The Morgan fingerprint density at radius 3 is 2.38 bits per heavy atom. The molecule has 2 aromatic carbocycles. The molecule has 2 atom stereocenters. The molecule has 0 saturated heterocycles. The summed E-state index contributed by atoms with van der Waals surface area (Å²) in [6, 6.07) is 11.5. The first-order chi connectivity index (χ1) is 11.5. The molecule has 0 radical (unpaired) electrons. The topological polar surface area (TPSA) is 70.6 Å². The van der Waals surface area contributed by atoms with E-state index >= 15 is 0 Å². The molecule has 2 unspecified atom stereocenters. The van der Waals surface area contributed by atoms with Crippen LogP contribution >= 0.6 is 0 Å². The second-order valence-corrected chi connectivity index (χ2v) is 5.34. The van der Waals surface area contributed by atoms with Gasteiger partial charge >= 0.3 is 6.03 Å². The first-order valence-corrected chi connectivity index (χ1v) is 7.73. The van der Waals surface area contributed by atoms with Crippen molar-refractivity contribution in [3.63, 3.8) is 0 Å². The summed E-state index contributed by atoms with van der Waals surface area (Å²) in [5, 5.41) is 15.5. The van der Waals surface area contributed by atoms with Crippen LogP contribution in [0.4, 0.5) is 14.9 Å². The van der Waals surface area contributed by atoms with Gasteiger partial charge in [0, 0.05) is 5.69 Å². The molecule has 0 heterocycles. The van der Waals surface area contributed by atoms with E-state index in [4.69, 9.17) is 4.74 Å². The second-order valence-electron chi connectivity index (χ2n) is 5.34. The third-order valence-electron chi connectivity index (χ3n) is 3.47. The lowest BCUT2D eigenvalue weighted by molar-refractivity contribution is 0.139. The number of carbonyl (C=O) groups excluding carboxylic acids is 1. The van der Waals surface area contributed by atoms with Crippen LogP contribution in [0.3, 0.4) is 0 Å². The van der Waals surface area contributed by atoms with Crippen molar-refractivity contribution < 1.29 is 19.0 Å². The van der Waals surface area contributed by atoms with Crippen molar-refractivity contribution in [2.75, 3.05) is 11.9 Å². The fourth-order valence-electron chi connectivity index (χ4n) is 2.20. The van der Waals surface area contributed by atoms with Gasteiger partial charge in [-0.2, -0.15) is 0 Å². The Morgan fingerprint density at radius 2 is 1.79 bits per heavy atom. The van der Waals surface area contributed by atoms with Crippen molar-refractivity contribution in [2.45, 2.75) is 26.0 Å². The zero-order chi connectivity index (χ0) is 17.5. The fraction of sp³-hybridized carbons (Fsp3) is 0.278. The van der Waals surface area contributed by atoms with Crippen LogP contribution in [0.15, 0.2) is 48.5 Å². The van der Waals surface area contributed by atoms with Crippen LogP contribution in [-0.4, -0.2) is 23.8 Å². The van der Waals surface area contributed by atoms with E-state index in [1.165, 1.54) is 24.3 Å². The lowest BCUT2D eigenvalue weighted by Crippen LogP contribution is -2.39. The van der Waals surface area contributed by atoms with E-state index in [9.17, 15) is 14.3 Å². The molecular formula is C18H21FN2O3. The van der Waals surface area contributed by atoms with Crippen molar-refractivity contribution in [3.8, 4) is 5.75 Å². The second kappa shape index (κ2) is 8.31. The summed E-state index contributed by atoms with van der Waals surface area (Å²) in [7, 11) is 0. The number of urea groups is 1. The van der Waals surface area contributed by atoms with Gasteiger partial charge in [-0.05, 0) is 55.8 Å². The quantitative estimate of drug-likeness (QED) is 0.758. The van der Waals surface area contributed by atoms with Crippen LogP contribution in [-0.2, 0) is 0 Å². The molecule has 0 aromatic heterocycles. The van der Waals surface area contributed by atoms with Crippen LogP contribution in [0.5, 0.6) is 5.75 Å². The molecule has 0 spiro atoms. The van der Waals surface area contributed by atoms with Crippen molar-refractivity contribution in [2.24, 2.45) is 0 Å². The molecule has 2 amide bonds. The summed E-state index contributed by atoms with van der Waals surface area (Å²) < 4.78 is 18.2. The first-order valence-electron chi connectivity index (χ1n) is 7.73. The number of aliphatic hydroxyl groups is 1. The molecule has 0 saturated carbocycles. The Balaban J connectivity index is 1.89. The number of carbonyl (C=O) groups is 1. The van der Waals surface area contributed by atoms with Crippen LogP contribution in [0.1, 0.15) is 25.5 Å². The molecule has 24 heavy (non-hydrogen) atoms. The number of aliphatic hydroxyl groups excluding tert-OH is 1. The number of ether oxygens (including phenoxy) is 1. The minimum absolute atomic E-state index is 0.375. The van der Waals surface area contributed by atoms with E-state index in [0.717, 1.165) is 5.75 Å².